The number of nitrogens with one attached hydrogen (secondary N) is 1. The van der Waals surface area contributed by atoms with Crippen molar-refractivity contribution in [3.05, 3.63) is 60.2 Å². The van der Waals surface area contributed by atoms with Crippen LogP contribution in [0.25, 0.3) is 0 Å². The molecule has 0 aliphatic carbocycles. The second kappa shape index (κ2) is 3.97. The van der Waals surface area contributed by atoms with Gasteiger partial charge in [0.1, 0.15) is 0 Å². The number of benzene rings is 2. The van der Waals surface area contributed by atoms with Gasteiger partial charge in [0.2, 0.25) is 0 Å². The van der Waals surface area contributed by atoms with E-state index in [1.54, 1.807) is 0 Å². The average Bonchev–Trinajstić information content (AvgIpc) is 2.23. The highest BCUT2D eigenvalue weighted by Crippen LogP contribution is 2.19. The van der Waals surface area contributed by atoms with Gasteiger partial charge in [-0.2, -0.15) is 0 Å². The Balaban J connectivity index is 0.00000112. The van der Waals surface area contributed by atoms with E-state index in [4.69, 9.17) is 0 Å². The molecule has 0 unspecified atom stereocenters. The van der Waals surface area contributed by atoms with Crippen molar-refractivity contribution in [2.45, 2.75) is 6.92 Å². The van der Waals surface area contributed by atoms with Crippen molar-refractivity contribution in [1.29, 1.82) is 0 Å². The largest absolute Gasteiger partial charge is 0.355 e. The fourth-order valence-corrected chi connectivity index (χ4v) is 1.39. The van der Waals surface area contributed by atoms with Crippen molar-refractivity contribution in [2.24, 2.45) is 0 Å². The van der Waals surface area contributed by atoms with Crippen LogP contribution in [0, 0.1) is 6.92 Å². The molecule has 0 aliphatic heterocycles. The smallest absolute Gasteiger partial charge is 0.0413 e. The van der Waals surface area contributed by atoms with E-state index in [2.05, 4.69) is 36.5 Å². The topological polar surface area (TPSA) is 12.0 Å². The second-order valence-electron chi connectivity index (χ2n) is 3.31. The van der Waals surface area contributed by atoms with Crippen molar-refractivity contribution in [2.75, 3.05) is 5.32 Å². The fraction of sp³-hybridized carbons (Fsp3) is 0.0769. The zero-order chi connectivity index (χ0) is 9.80. The number of aryl methyl sites for hydroxylation is 1. The molecule has 0 saturated carbocycles. The van der Waals surface area contributed by atoms with Crippen molar-refractivity contribution in [3.63, 3.8) is 0 Å². The Kier molecular flexibility index (Phi) is 2.50. The van der Waals surface area contributed by atoms with E-state index in [-0.39, 0.29) is 1.43 Å². The Hall–Kier alpha value is -1.76. The van der Waals surface area contributed by atoms with Gasteiger partial charge in [0.25, 0.3) is 0 Å². The van der Waals surface area contributed by atoms with Crippen LogP contribution in [-0.2, 0) is 0 Å². The summed E-state index contributed by atoms with van der Waals surface area (Å²) >= 11 is 0. The first-order chi connectivity index (χ1) is 6.86. The van der Waals surface area contributed by atoms with E-state index in [0.717, 1.165) is 5.69 Å². The van der Waals surface area contributed by atoms with Crippen LogP contribution in [0.4, 0.5) is 11.4 Å². The Labute approximate surface area is 85.9 Å². The lowest BCUT2D eigenvalue weighted by Crippen LogP contribution is -1.91. The van der Waals surface area contributed by atoms with E-state index < -0.39 is 0 Å². The maximum Gasteiger partial charge on any atom is 0.0413 e. The Morgan fingerprint density at radius 3 is 2.21 bits per heavy atom. The molecule has 0 bridgehead atoms. The molecule has 0 fully saturated rings. The van der Waals surface area contributed by atoms with E-state index in [1.165, 1.54) is 11.3 Å². The monoisotopic (exact) mass is 185 g/mol. The minimum absolute atomic E-state index is 0. The van der Waals surface area contributed by atoms with Gasteiger partial charge in [0.05, 0.1) is 0 Å². The van der Waals surface area contributed by atoms with Gasteiger partial charge in [-0.05, 0) is 30.7 Å². The number of para-hydroxylation sites is 2. The minimum atomic E-state index is 0. The zero-order valence-corrected chi connectivity index (χ0v) is 8.20. The summed E-state index contributed by atoms with van der Waals surface area (Å²) in [5.74, 6) is 0. The van der Waals surface area contributed by atoms with Crippen molar-refractivity contribution >= 4 is 11.4 Å². The lowest BCUT2D eigenvalue weighted by atomic mass is 10.2. The molecule has 2 aromatic carbocycles. The van der Waals surface area contributed by atoms with Crippen molar-refractivity contribution in [3.8, 4) is 0 Å². The second-order valence-corrected chi connectivity index (χ2v) is 3.31. The first kappa shape index (κ1) is 8.82. The summed E-state index contributed by atoms with van der Waals surface area (Å²) in [4.78, 5) is 0. The van der Waals surface area contributed by atoms with Crippen LogP contribution in [0.3, 0.4) is 0 Å². The van der Waals surface area contributed by atoms with Crippen LogP contribution in [0.15, 0.2) is 54.6 Å². The van der Waals surface area contributed by atoms with Crippen molar-refractivity contribution < 1.29 is 1.43 Å². The van der Waals surface area contributed by atoms with Gasteiger partial charge >= 0.3 is 0 Å². The number of hydrogen-bond acceptors (Lipinski definition) is 1. The highest BCUT2D eigenvalue weighted by molar-refractivity contribution is 5.62. The summed E-state index contributed by atoms with van der Waals surface area (Å²) < 4.78 is 0. The van der Waals surface area contributed by atoms with Gasteiger partial charge in [-0.3, -0.25) is 0 Å². The van der Waals surface area contributed by atoms with Gasteiger partial charge in [-0.15, -0.1) is 0 Å². The van der Waals surface area contributed by atoms with E-state index in [1.807, 2.05) is 30.3 Å². The Bertz CT molecular complexity index is 412. The normalized spacial score (nSPS) is 9.79. The first-order valence-electron chi connectivity index (χ1n) is 4.74. The van der Waals surface area contributed by atoms with Gasteiger partial charge in [-0.1, -0.05) is 36.4 Å². The quantitative estimate of drug-likeness (QED) is 0.746. The Morgan fingerprint density at radius 1 is 0.857 bits per heavy atom. The molecule has 0 heterocycles. The maximum absolute atomic E-state index is 3.37. The highest BCUT2D eigenvalue weighted by Gasteiger charge is 1.95. The molecule has 2 rings (SSSR count). The minimum Gasteiger partial charge on any atom is -0.355 e. The Morgan fingerprint density at radius 2 is 1.50 bits per heavy atom. The molecule has 1 N–H and O–H groups in total. The SMILES string of the molecule is Cc1ccccc1Nc1ccccc1.[HH]. The summed E-state index contributed by atoms with van der Waals surface area (Å²) in [5, 5.41) is 3.37. The standard InChI is InChI=1S/C13H13N.H2/c1-11-7-5-6-10-13(11)14-12-8-3-2-4-9-12;/h2-10,14H,1H3;1H. The molecule has 0 aromatic heterocycles. The molecule has 0 aliphatic rings. The van der Waals surface area contributed by atoms with Crippen LogP contribution < -0.4 is 5.32 Å². The molecule has 0 amide bonds. The van der Waals surface area contributed by atoms with E-state index in [9.17, 15) is 0 Å². The third-order valence-corrected chi connectivity index (χ3v) is 2.20. The first-order valence-corrected chi connectivity index (χ1v) is 4.74. The average molecular weight is 185 g/mol. The van der Waals surface area contributed by atoms with Crippen LogP contribution in [0.1, 0.15) is 6.99 Å². The molecule has 2 aromatic rings. The number of rotatable bonds is 2. The summed E-state index contributed by atoms with van der Waals surface area (Å²) in [6, 6.07) is 18.5. The predicted octanol–water partition coefficient (Wildman–Crippen LogP) is 3.98. The summed E-state index contributed by atoms with van der Waals surface area (Å²) in [7, 11) is 0. The van der Waals surface area contributed by atoms with E-state index >= 15 is 0 Å². The fourth-order valence-electron chi connectivity index (χ4n) is 1.39. The molecular formula is C13H15N. The third kappa shape index (κ3) is 1.94. The number of anilines is 2. The number of hydrogen-bond donors (Lipinski definition) is 1. The molecule has 14 heavy (non-hydrogen) atoms. The van der Waals surface area contributed by atoms with Gasteiger partial charge in [-0.25, -0.2) is 0 Å². The van der Waals surface area contributed by atoms with Crippen LogP contribution >= 0.6 is 0 Å². The predicted molar refractivity (Wildman–Crippen MR) is 63.0 cm³/mol. The highest BCUT2D eigenvalue weighted by atomic mass is 14.9. The summed E-state index contributed by atoms with van der Waals surface area (Å²) in [6.07, 6.45) is 0. The summed E-state index contributed by atoms with van der Waals surface area (Å²) in [5.41, 5.74) is 3.55. The van der Waals surface area contributed by atoms with Gasteiger partial charge in [0, 0.05) is 12.8 Å². The van der Waals surface area contributed by atoms with Crippen LogP contribution in [0.5, 0.6) is 0 Å². The van der Waals surface area contributed by atoms with E-state index in [0.29, 0.717) is 0 Å². The maximum atomic E-state index is 3.37. The lowest BCUT2D eigenvalue weighted by molar-refractivity contribution is 1.43. The molecule has 0 radical (unpaired) electrons. The van der Waals surface area contributed by atoms with Gasteiger partial charge < -0.3 is 5.32 Å². The third-order valence-electron chi connectivity index (χ3n) is 2.20. The molecule has 72 valence electrons. The summed E-state index contributed by atoms with van der Waals surface area (Å²) in [6.45, 7) is 2.10. The molecular weight excluding hydrogens is 170 g/mol. The van der Waals surface area contributed by atoms with Crippen LogP contribution in [0.2, 0.25) is 0 Å². The molecule has 0 atom stereocenters. The van der Waals surface area contributed by atoms with Crippen LogP contribution in [-0.4, -0.2) is 0 Å². The van der Waals surface area contributed by atoms with Crippen molar-refractivity contribution in [1.82, 2.24) is 0 Å². The molecule has 0 spiro atoms. The zero-order valence-electron chi connectivity index (χ0n) is 8.20. The molecule has 0 saturated heterocycles. The molecule has 1 nitrogen and oxygen atoms in total. The molecule has 1 heteroatoms. The van der Waals surface area contributed by atoms with Gasteiger partial charge in [0.15, 0.2) is 0 Å². The lowest BCUT2D eigenvalue weighted by Gasteiger charge is -2.08.